The molecule has 0 aliphatic heterocycles. The number of phenols is 1. The lowest BCUT2D eigenvalue weighted by molar-refractivity contribution is 0.0948. The number of hydrogen-bond donors (Lipinski definition) is 3. The fraction of sp³-hybridized carbons (Fsp3) is 0.267. The lowest BCUT2D eigenvalue weighted by Gasteiger charge is -2.08. The molecule has 0 aliphatic carbocycles. The van der Waals surface area contributed by atoms with Gasteiger partial charge in [0, 0.05) is 23.4 Å². The summed E-state index contributed by atoms with van der Waals surface area (Å²) in [6, 6.07) is 4.75. The van der Waals surface area contributed by atoms with E-state index in [1.807, 2.05) is 13.8 Å². The Kier molecular flexibility index (Phi) is 3.70. The molecule has 106 valence electrons. The normalized spacial score (nSPS) is 10.6. The summed E-state index contributed by atoms with van der Waals surface area (Å²) in [7, 11) is 0. The fourth-order valence-corrected chi connectivity index (χ4v) is 2.14. The van der Waals surface area contributed by atoms with Crippen molar-refractivity contribution in [3.05, 3.63) is 46.4 Å². The topological polar surface area (TPSA) is 88.5 Å². The Labute approximate surface area is 117 Å². The van der Waals surface area contributed by atoms with Crippen molar-refractivity contribution in [3.63, 3.8) is 0 Å². The fourth-order valence-electron chi connectivity index (χ4n) is 2.14. The predicted molar refractivity (Wildman–Crippen MR) is 76.6 cm³/mol. The van der Waals surface area contributed by atoms with E-state index in [1.165, 1.54) is 6.07 Å². The minimum Gasteiger partial charge on any atom is -0.508 e. The minimum absolute atomic E-state index is 0.108. The molecule has 0 atom stereocenters. The molecule has 4 N–H and O–H groups in total. The molecule has 2 rings (SSSR count). The molecule has 2 aromatic rings. The van der Waals surface area contributed by atoms with Crippen molar-refractivity contribution < 1.29 is 14.3 Å². The number of furan rings is 1. The van der Waals surface area contributed by atoms with Gasteiger partial charge in [0.2, 0.25) is 0 Å². The van der Waals surface area contributed by atoms with Crippen molar-refractivity contribution in [2.75, 3.05) is 5.73 Å². The molecule has 0 aliphatic rings. The molecular formula is C15H18N2O3. The van der Waals surface area contributed by atoms with Crippen molar-refractivity contribution >= 4 is 11.6 Å². The van der Waals surface area contributed by atoms with Gasteiger partial charge in [-0.2, -0.15) is 0 Å². The lowest BCUT2D eigenvalue weighted by Crippen LogP contribution is -2.23. The highest BCUT2D eigenvalue weighted by Gasteiger charge is 2.18. The van der Waals surface area contributed by atoms with Crippen molar-refractivity contribution in [3.8, 4) is 5.75 Å². The van der Waals surface area contributed by atoms with Crippen LogP contribution in [0.15, 0.2) is 22.6 Å². The van der Waals surface area contributed by atoms with E-state index in [0.29, 0.717) is 22.6 Å². The molecule has 5 heteroatoms. The standard InChI is InChI=1S/C15H18N2O3/c1-8-9(2)20-10(3)14(8)15(19)17-7-11-6-12(16)4-5-13(11)18/h4-6,18H,7,16H2,1-3H3,(H,17,19). The first kappa shape index (κ1) is 14.0. The number of phenolic OH excluding ortho intramolecular Hbond substituents is 1. The number of nitrogen functional groups attached to an aromatic ring is 1. The second-order valence-electron chi connectivity index (χ2n) is 4.79. The number of aromatic hydroxyl groups is 1. The van der Waals surface area contributed by atoms with E-state index in [2.05, 4.69) is 5.32 Å². The van der Waals surface area contributed by atoms with Crippen LogP contribution in [0.2, 0.25) is 0 Å². The summed E-state index contributed by atoms with van der Waals surface area (Å²) in [4.78, 5) is 12.2. The molecule has 0 spiro atoms. The molecule has 1 amide bonds. The number of benzene rings is 1. The summed E-state index contributed by atoms with van der Waals surface area (Å²) in [5, 5.41) is 12.5. The Hall–Kier alpha value is -2.43. The number of aryl methyl sites for hydroxylation is 2. The number of rotatable bonds is 3. The van der Waals surface area contributed by atoms with Crippen molar-refractivity contribution in [1.82, 2.24) is 5.32 Å². The van der Waals surface area contributed by atoms with Crippen LogP contribution < -0.4 is 11.1 Å². The van der Waals surface area contributed by atoms with Gasteiger partial charge in [0.25, 0.3) is 5.91 Å². The van der Waals surface area contributed by atoms with Crippen LogP contribution in [0.3, 0.4) is 0 Å². The first-order chi connectivity index (χ1) is 9.40. The molecule has 0 saturated heterocycles. The van der Waals surface area contributed by atoms with Crippen LogP contribution >= 0.6 is 0 Å². The minimum atomic E-state index is -0.223. The van der Waals surface area contributed by atoms with E-state index in [9.17, 15) is 9.90 Å². The number of nitrogens with one attached hydrogen (secondary N) is 1. The number of carbonyl (C=O) groups excluding carboxylic acids is 1. The zero-order chi connectivity index (χ0) is 14.9. The van der Waals surface area contributed by atoms with E-state index in [1.54, 1.807) is 19.1 Å². The molecule has 1 aromatic carbocycles. The van der Waals surface area contributed by atoms with E-state index in [-0.39, 0.29) is 18.2 Å². The number of amides is 1. The zero-order valence-electron chi connectivity index (χ0n) is 11.8. The van der Waals surface area contributed by atoms with Crippen molar-refractivity contribution in [2.24, 2.45) is 0 Å². The Morgan fingerprint density at radius 2 is 2.00 bits per heavy atom. The third-order valence-electron chi connectivity index (χ3n) is 3.33. The van der Waals surface area contributed by atoms with Crippen molar-refractivity contribution in [1.29, 1.82) is 0 Å². The van der Waals surface area contributed by atoms with Gasteiger partial charge in [-0.1, -0.05) is 0 Å². The van der Waals surface area contributed by atoms with Crippen LogP contribution in [0.25, 0.3) is 0 Å². The molecular weight excluding hydrogens is 256 g/mol. The molecule has 0 unspecified atom stereocenters. The Morgan fingerprint density at radius 3 is 2.60 bits per heavy atom. The Morgan fingerprint density at radius 1 is 1.30 bits per heavy atom. The first-order valence-electron chi connectivity index (χ1n) is 6.32. The number of nitrogens with two attached hydrogens (primary N) is 1. The third kappa shape index (κ3) is 2.61. The van der Waals surface area contributed by atoms with Crippen LogP contribution in [0, 0.1) is 20.8 Å². The van der Waals surface area contributed by atoms with Gasteiger partial charge in [0.1, 0.15) is 17.3 Å². The van der Waals surface area contributed by atoms with E-state index < -0.39 is 0 Å². The molecule has 0 saturated carbocycles. The zero-order valence-corrected chi connectivity index (χ0v) is 11.8. The van der Waals surface area contributed by atoms with Gasteiger partial charge in [-0.25, -0.2) is 0 Å². The molecule has 0 radical (unpaired) electrons. The summed E-state index contributed by atoms with van der Waals surface area (Å²) in [5.74, 6) is 1.21. The smallest absolute Gasteiger partial charge is 0.255 e. The molecule has 1 aromatic heterocycles. The van der Waals surface area contributed by atoms with Gasteiger partial charge in [-0.3, -0.25) is 4.79 Å². The van der Waals surface area contributed by atoms with Gasteiger partial charge >= 0.3 is 0 Å². The third-order valence-corrected chi connectivity index (χ3v) is 3.33. The number of hydrogen-bond acceptors (Lipinski definition) is 4. The van der Waals surface area contributed by atoms with Gasteiger partial charge in [0.15, 0.2) is 0 Å². The highest BCUT2D eigenvalue weighted by atomic mass is 16.3. The molecule has 0 fully saturated rings. The first-order valence-corrected chi connectivity index (χ1v) is 6.32. The van der Waals surface area contributed by atoms with Gasteiger partial charge in [0.05, 0.1) is 5.56 Å². The highest BCUT2D eigenvalue weighted by Crippen LogP contribution is 2.22. The molecule has 5 nitrogen and oxygen atoms in total. The molecule has 20 heavy (non-hydrogen) atoms. The average molecular weight is 274 g/mol. The van der Waals surface area contributed by atoms with Crippen LogP contribution in [-0.2, 0) is 6.54 Å². The summed E-state index contributed by atoms with van der Waals surface area (Å²) in [6.45, 7) is 5.63. The average Bonchev–Trinajstić information content (AvgIpc) is 2.64. The van der Waals surface area contributed by atoms with Gasteiger partial charge in [-0.05, 0) is 39.0 Å². The quantitative estimate of drug-likeness (QED) is 0.592. The predicted octanol–water partition coefficient (Wildman–Crippen LogP) is 2.42. The summed E-state index contributed by atoms with van der Waals surface area (Å²) in [5.41, 5.74) is 8.15. The Balaban J connectivity index is 2.15. The maximum atomic E-state index is 12.2. The van der Waals surface area contributed by atoms with Crippen LogP contribution in [0.5, 0.6) is 5.75 Å². The summed E-state index contributed by atoms with van der Waals surface area (Å²) in [6.07, 6.45) is 0. The molecule has 1 heterocycles. The summed E-state index contributed by atoms with van der Waals surface area (Å²) < 4.78 is 5.43. The van der Waals surface area contributed by atoms with E-state index in [4.69, 9.17) is 10.2 Å². The lowest BCUT2D eigenvalue weighted by atomic mass is 10.1. The summed E-state index contributed by atoms with van der Waals surface area (Å²) >= 11 is 0. The van der Waals surface area contributed by atoms with Crippen LogP contribution in [-0.4, -0.2) is 11.0 Å². The SMILES string of the molecule is Cc1oc(C)c(C(=O)NCc2cc(N)ccc2O)c1C. The maximum absolute atomic E-state index is 12.2. The van der Waals surface area contributed by atoms with Crippen LogP contribution in [0.1, 0.15) is 33.0 Å². The van der Waals surface area contributed by atoms with Crippen molar-refractivity contribution in [2.45, 2.75) is 27.3 Å². The van der Waals surface area contributed by atoms with Gasteiger partial charge in [-0.15, -0.1) is 0 Å². The second kappa shape index (κ2) is 5.28. The Bertz CT molecular complexity index is 659. The van der Waals surface area contributed by atoms with Gasteiger partial charge < -0.3 is 20.6 Å². The van der Waals surface area contributed by atoms with E-state index >= 15 is 0 Å². The second-order valence-corrected chi connectivity index (χ2v) is 4.79. The largest absolute Gasteiger partial charge is 0.508 e. The van der Waals surface area contributed by atoms with E-state index in [0.717, 1.165) is 11.3 Å². The maximum Gasteiger partial charge on any atom is 0.255 e. The van der Waals surface area contributed by atoms with Crippen LogP contribution in [0.4, 0.5) is 5.69 Å². The number of carbonyl (C=O) groups is 1. The monoisotopic (exact) mass is 274 g/mol. The molecule has 0 bridgehead atoms. The highest BCUT2D eigenvalue weighted by molar-refractivity contribution is 5.96. The number of anilines is 1.